The number of anilines is 1. The first-order chi connectivity index (χ1) is 9.47. The molecule has 0 radical (unpaired) electrons. The Kier molecular flexibility index (Phi) is 3.22. The highest BCUT2D eigenvalue weighted by molar-refractivity contribution is 7.90. The van der Waals surface area contributed by atoms with Crippen LogP contribution < -0.4 is 4.72 Å². The highest BCUT2D eigenvalue weighted by Gasteiger charge is 2.19. The van der Waals surface area contributed by atoms with E-state index in [2.05, 4.69) is 4.72 Å². The van der Waals surface area contributed by atoms with E-state index in [-0.39, 0.29) is 0 Å². The highest BCUT2D eigenvalue weighted by Crippen LogP contribution is 2.33. The zero-order chi connectivity index (χ0) is 14.3. The van der Waals surface area contributed by atoms with E-state index in [9.17, 15) is 8.42 Å². The maximum Gasteiger partial charge on any atom is 0.301 e. The predicted octanol–water partition coefficient (Wildman–Crippen LogP) is 2.53. The van der Waals surface area contributed by atoms with Crippen LogP contribution in [0.25, 0.3) is 11.0 Å². The minimum Gasteiger partial charge on any atom is -0.461 e. The van der Waals surface area contributed by atoms with Gasteiger partial charge in [0, 0.05) is 31.5 Å². The summed E-state index contributed by atoms with van der Waals surface area (Å²) in [6.45, 7) is 0. The molecule has 20 heavy (non-hydrogen) atoms. The first kappa shape index (κ1) is 13.5. The number of benzene rings is 1. The van der Waals surface area contributed by atoms with Gasteiger partial charge in [0.15, 0.2) is 0 Å². The van der Waals surface area contributed by atoms with Gasteiger partial charge in [-0.25, -0.2) is 0 Å². The van der Waals surface area contributed by atoms with E-state index in [0.717, 1.165) is 46.7 Å². The maximum absolute atomic E-state index is 11.9. The molecule has 1 N–H and O–H groups in total. The summed E-state index contributed by atoms with van der Waals surface area (Å²) in [6, 6.07) is 5.43. The van der Waals surface area contributed by atoms with E-state index < -0.39 is 10.2 Å². The van der Waals surface area contributed by atoms with Crippen LogP contribution in [0.3, 0.4) is 0 Å². The van der Waals surface area contributed by atoms with E-state index in [4.69, 9.17) is 4.42 Å². The third-order valence-corrected chi connectivity index (χ3v) is 5.14. The van der Waals surface area contributed by atoms with Crippen LogP contribution in [0.5, 0.6) is 0 Å². The molecule has 5 nitrogen and oxygen atoms in total. The van der Waals surface area contributed by atoms with E-state index in [0.29, 0.717) is 5.69 Å². The summed E-state index contributed by atoms with van der Waals surface area (Å²) in [4.78, 5) is 0. The number of rotatable bonds is 3. The summed E-state index contributed by atoms with van der Waals surface area (Å²) in [5, 5.41) is 1.03. The van der Waals surface area contributed by atoms with Gasteiger partial charge in [-0.2, -0.15) is 12.7 Å². The lowest BCUT2D eigenvalue weighted by molar-refractivity contribution is 0.506. The Labute approximate surface area is 118 Å². The maximum atomic E-state index is 11.9. The van der Waals surface area contributed by atoms with Gasteiger partial charge in [-0.3, -0.25) is 4.72 Å². The Morgan fingerprint density at radius 3 is 2.70 bits per heavy atom. The zero-order valence-electron chi connectivity index (χ0n) is 11.6. The van der Waals surface area contributed by atoms with Crippen molar-refractivity contribution in [2.24, 2.45) is 0 Å². The number of furan rings is 1. The van der Waals surface area contributed by atoms with Crippen molar-refractivity contribution in [1.82, 2.24) is 4.31 Å². The average Bonchev–Trinajstić information content (AvgIpc) is 2.76. The smallest absolute Gasteiger partial charge is 0.301 e. The van der Waals surface area contributed by atoms with E-state index in [1.54, 1.807) is 6.07 Å². The standard InChI is InChI=1S/C14H18N2O3S/c1-16(2)20(17,18)15-10-7-8-14-12(9-10)11-5-3-4-6-13(11)19-14/h7-9,15H,3-6H2,1-2H3. The number of hydrogen-bond donors (Lipinski definition) is 1. The van der Waals surface area contributed by atoms with Crippen molar-refractivity contribution in [3.63, 3.8) is 0 Å². The molecule has 6 heteroatoms. The van der Waals surface area contributed by atoms with Crippen LogP contribution in [0.15, 0.2) is 22.6 Å². The Morgan fingerprint density at radius 2 is 1.95 bits per heavy atom. The lowest BCUT2D eigenvalue weighted by Crippen LogP contribution is -2.28. The van der Waals surface area contributed by atoms with Gasteiger partial charge in [0.1, 0.15) is 11.3 Å². The normalized spacial score (nSPS) is 15.6. The molecule has 0 saturated carbocycles. The molecule has 3 rings (SSSR count). The molecule has 1 aliphatic rings. The van der Waals surface area contributed by atoms with Gasteiger partial charge in [0.2, 0.25) is 0 Å². The van der Waals surface area contributed by atoms with Crippen LogP contribution in [0.1, 0.15) is 24.2 Å². The molecule has 0 saturated heterocycles. The minimum atomic E-state index is -3.47. The first-order valence-electron chi connectivity index (χ1n) is 6.72. The van der Waals surface area contributed by atoms with E-state index >= 15 is 0 Å². The molecule has 1 heterocycles. The number of nitrogens with one attached hydrogen (secondary N) is 1. The van der Waals surface area contributed by atoms with Crippen molar-refractivity contribution in [3.8, 4) is 0 Å². The largest absolute Gasteiger partial charge is 0.461 e. The van der Waals surface area contributed by atoms with E-state index in [1.807, 2.05) is 12.1 Å². The molecule has 0 fully saturated rings. The van der Waals surface area contributed by atoms with Crippen LogP contribution in [0.4, 0.5) is 5.69 Å². The molecule has 0 bridgehead atoms. The number of aryl methyl sites for hydroxylation is 2. The summed E-state index contributed by atoms with van der Waals surface area (Å²) in [5.41, 5.74) is 2.64. The molecule has 2 aromatic rings. The van der Waals surface area contributed by atoms with Crippen LogP contribution in [0.2, 0.25) is 0 Å². The summed E-state index contributed by atoms with van der Waals surface area (Å²) >= 11 is 0. The third kappa shape index (κ3) is 2.29. The summed E-state index contributed by atoms with van der Waals surface area (Å²) in [6.07, 6.45) is 4.30. The molecule has 1 aliphatic carbocycles. The van der Waals surface area contributed by atoms with Crippen LogP contribution in [0, 0.1) is 0 Å². The SMILES string of the molecule is CN(C)S(=O)(=O)Nc1ccc2oc3c(c2c1)CCCC3. The minimum absolute atomic E-state index is 0.570. The third-order valence-electron chi connectivity index (χ3n) is 3.68. The molecule has 1 aromatic heterocycles. The number of fused-ring (bicyclic) bond motifs is 3. The topological polar surface area (TPSA) is 62.6 Å². The molecule has 0 spiro atoms. The Morgan fingerprint density at radius 1 is 1.20 bits per heavy atom. The van der Waals surface area contributed by atoms with Gasteiger partial charge >= 0.3 is 10.2 Å². The fourth-order valence-corrected chi connectivity index (χ4v) is 3.17. The highest BCUT2D eigenvalue weighted by atomic mass is 32.2. The van der Waals surface area contributed by atoms with Gasteiger partial charge in [0.25, 0.3) is 0 Å². The quantitative estimate of drug-likeness (QED) is 0.946. The predicted molar refractivity (Wildman–Crippen MR) is 79.1 cm³/mol. The Bertz CT molecular complexity index is 747. The first-order valence-corrected chi connectivity index (χ1v) is 8.16. The molecule has 0 amide bonds. The van der Waals surface area contributed by atoms with Crippen molar-refractivity contribution in [3.05, 3.63) is 29.5 Å². The molecule has 1 aromatic carbocycles. The summed E-state index contributed by atoms with van der Waals surface area (Å²) < 4.78 is 33.3. The van der Waals surface area contributed by atoms with Gasteiger partial charge in [0.05, 0.1) is 5.69 Å². The van der Waals surface area contributed by atoms with Crippen molar-refractivity contribution in [1.29, 1.82) is 0 Å². The van der Waals surface area contributed by atoms with Crippen molar-refractivity contribution < 1.29 is 12.8 Å². The summed E-state index contributed by atoms with van der Waals surface area (Å²) in [5.74, 6) is 1.05. The van der Waals surface area contributed by atoms with Crippen molar-refractivity contribution in [2.75, 3.05) is 18.8 Å². The molecule has 0 aliphatic heterocycles. The van der Waals surface area contributed by atoms with Crippen LogP contribution >= 0.6 is 0 Å². The zero-order valence-corrected chi connectivity index (χ0v) is 12.5. The Hall–Kier alpha value is -1.53. The second kappa shape index (κ2) is 4.79. The molecular formula is C14H18N2O3S. The summed E-state index contributed by atoms with van der Waals surface area (Å²) in [7, 11) is -0.470. The number of hydrogen-bond acceptors (Lipinski definition) is 3. The van der Waals surface area contributed by atoms with Crippen molar-refractivity contribution >= 4 is 26.9 Å². The van der Waals surface area contributed by atoms with Crippen LogP contribution in [-0.2, 0) is 23.1 Å². The van der Waals surface area contributed by atoms with Gasteiger partial charge in [-0.05, 0) is 37.5 Å². The fraction of sp³-hybridized carbons (Fsp3) is 0.429. The lowest BCUT2D eigenvalue weighted by atomic mass is 9.96. The molecule has 108 valence electrons. The second-order valence-corrected chi connectivity index (χ2v) is 7.20. The second-order valence-electron chi connectivity index (χ2n) is 5.31. The van der Waals surface area contributed by atoms with Crippen LogP contribution in [-0.4, -0.2) is 26.8 Å². The van der Waals surface area contributed by atoms with Gasteiger partial charge in [-0.1, -0.05) is 0 Å². The van der Waals surface area contributed by atoms with Crippen molar-refractivity contribution in [2.45, 2.75) is 25.7 Å². The van der Waals surface area contributed by atoms with Gasteiger partial charge < -0.3 is 4.42 Å². The molecule has 0 unspecified atom stereocenters. The lowest BCUT2D eigenvalue weighted by Gasteiger charge is -2.13. The fourth-order valence-electron chi connectivity index (χ4n) is 2.57. The number of nitrogens with zero attached hydrogens (tertiary/aromatic N) is 1. The molecular weight excluding hydrogens is 276 g/mol. The molecule has 0 atom stereocenters. The van der Waals surface area contributed by atoms with E-state index in [1.165, 1.54) is 19.7 Å². The average molecular weight is 294 g/mol. The van der Waals surface area contributed by atoms with Gasteiger partial charge in [-0.15, -0.1) is 0 Å². The Balaban J connectivity index is 2.02. The monoisotopic (exact) mass is 294 g/mol.